The Morgan fingerprint density at radius 3 is 1.90 bits per heavy atom. The maximum Gasteiger partial charge on any atom is 0.355 e. The van der Waals surface area contributed by atoms with E-state index in [0.29, 0.717) is 18.8 Å². The molecule has 0 aromatic rings. The molecule has 0 unspecified atom stereocenters. The van der Waals surface area contributed by atoms with Gasteiger partial charge in [0.1, 0.15) is 0 Å². The van der Waals surface area contributed by atoms with Gasteiger partial charge in [-0.15, -0.1) is 0 Å². The van der Waals surface area contributed by atoms with E-state index in [1.165, 1.54) is 44.9 Å². The third kappa shape index (κ3) is 11.3. The molecule has 1 aliphatic carbocycles. The Bertz CT molecular complexity index is 297. The highest BCUT2D eigenvalue weighted by Gasteiger charge is 2.26. The molecule has 4 nitrogen and oxygen atoms in total. The highest BCUT2D eigenvalue weighted by atomic mass is 17.2. The molecule has 0 bridgehead atoms. The van der Waals surface area contributed by atoms with Crippen molar-refractivity contribution in [1.82, 2.24) is 0 Å². The van der Waals surface area contributed by atoms with Crippen LogP contribution in [0, 0.1) is 5.92 Å². The molecular formula is C17H30O4. The van der Waals surface area contributed by atoms with Crippen LogP contribution in [-0.4, -0.2) is 11.9 Å². The summed E-state index contributed by atoms with van der Waals surface area (Å²) in [6, 6.07) is 0. The van der Waals surface area contributed by atoms with Crippen molar-refractivity contribution in [2.45, 2.75) is 90.4 Å². The number of carbonyl (C=O) groups excluding carboxylic acids is 2. The molecule has 1 aliphatic rings. The number of rotatable bonds is 12. The molecule has 0 aromatic carbocycles. The van der Waals surface area contributed by atoms with E-state index in [9.17, 15) is 9.59 Å². The second-order valence-corrected chi connectivity index (χ2v) is 6.14. The van der Waals surface area contributed by atoms with E-state index in [1.807, 2.05) is 0 Å². The van der Waals surface area contributed by atoms with Crippen molar-refractivity contribution >= 4 is 11.9 Å². The molecule has 1 rings (SSSR count). The van der Waals surface area contributed by atoms with Crippen molar-refractivity contribution in [1.29, 1.82) is 0 Å². The molecule has 0 spiro atoms. The van der Waals surface area contributed by atoms with Crippen LogP contribution in [0.2, 0.25) is 0 Å². The van der Waals surface area contributed by atoms with Crippen LogP contribution in [0.1, 0.15) is 90.4 Å². The second kappa shape index (κ2) is 11.6. The monoisotopic (exact) mass is 298 g/mol. The molecule has 1 saturated carbocycles. The molecule has 0 atom stereocenters. The molecule has 4 heteroatoms. The number of carbonyl (C=O) groups is 2. The largest absolute Gasteiger partial charge is 0.355 e. The van der Waals surface area contributed by atoms with Gasteiger partial charge >= 0.3 is 11.9 Å². The molecule has 0 heterocycles. The van der Waals surface area contributed by atoms with E-state index in [-0.39, 0.29) is 0 Å². The zero-order chi connectivity index (χ0) is 15.3. The van der Waals surface area contributed by atoms with Crippen molar-refractivity contribution < 1.29 is 19.4 Å². The summed E-state index contributed by atoms with van der Waals surface area (Å²) >= 11 is 0. The van der Waals surface area contributed by atoms with E-state index < -0.39 is 11.9 Å². The van der Waals surface area contributed by atoms with Gasteiger partial charge in [0.15, 0.2) is 0 Å². The number of hydrogen-bond donors (Lipinski definition) is 0. The molecule has 122 valence electrons. The van der Waals surface area contributed by atoms with Crippen LogP contribution >= 0.6 is 0 Å². The molecule has 21 heavy (non-hydrogen) atoms. The topological polar surface area (TPSA) is 52.6 Å². The molecular weight excluding hydrogens is 268 g/mol. The predicted octanol–water partition coefficient (Wildman–Crippen LogP) is 4.71. The summed E-state index contributed by atoms with van der Waals surface area (Å²) in [6.45, 7) is 2.22. The lowest BCUT2D eigenvalue weighted by Gasteiger charge is -2.03. The zero-order valence-corrected chi connectivity index (χ0v) is 13.4. The smallest absolute Gasteiger partial charge is 0.247 e. The lowest BCUT2D eigenvalue weighted by atomic mass is 10.1. The molecule has 1 fully saturated rings. The summed E-state index contributed by atoms with van der Waals surface area (Å²) < 4.78 is 0. The van der Waals surface area contributed by atoms with Crippen molar-refractivity contribution in [2.24, 2.45) is 5.92 Å². The van der Waals surface area contributed by atoms with Crippen LogP contribution in [0.15, 0.2) is 0 Å². The van der Waals surface area contributed by atoms with Gasteiger partial charge in [0.2, 0.25) is 0 Å². The molecule has 0 aromatic heterocycles. The van der Waals surface area contributed by atoms with Crippen LogP contribution in [-0.2, 0) is 19.4 Å². The average molecular weight is 298 g/mol. The molecule has 0 amide bonds. The fraction of sp³-hybridized carbons (Fsp3) is 0.882. The van der Waals surface area contributed by atoms with Crippen LogP contribution in [0.25, 0.3) is 0 Å². The van der Waals surface area contributed by atoms with Gasteiger partial charge in [-0.2, -0.15) is 0 Å². The van der Waals surface area contributed by atoms with Gasteiger partial charge in [-0.05, 0) is 25.2 Å². The van der Waals surface area contributed by atoms with Crippen LogP contribution < -0.4 is 0 Å². The molecule has 0 aliphatic heterocycles. The molecule has 0 saturated heterocycles. The van der Waals surface area contributed by atoms with Gasteiger partial charge in [-0.25, -0.2) is 19.4 Å². The SMILES string of the molecule is CCCCCCCCCCCC(=O)OOC(=O)CC1CC1. The van der Waals surface area contributed by atoms with Crippen LogP contribution in [0.5, 0.6) is 0 Å². The minimum atomic E-state index is -0.429. The maximum atomic E-state index is 11.4. The fourth-order valence-corrected chi connectivity index (χ4v) is 2.31. The summed E-state index contributed by atoms with van der Waals surface area (Å²) in [6.07, 6.45) is 13.7. The van der Waals surface area contributed by atoms with E-state index in [1.54, 1.807) is 0 Å². The normalized spacial score (nSPS) is 14.0. The first-order valence-corrected chi connectivity index (χ1v) is 8.62. The summed E-state index contributed by atoms with van der Waals surface area (Å²) in [5, 5.41) is 0. The fourth-order valence-electron chi connectivity index (χ4n) is 2.31. The Balaban J connectivity index is 1.81. The van der Waals surface area contributed by atoms with Crippen molar-refractivity contribution in [2.75, 3.05) is 0 Å². The highest BCUT2D eigenvalue weighted by molar-refractivity contribution is 5.73. The second-order valence-electron chi connectivity index (χ2n) is 6.14. The summed E-state index contributed by atoms with van der Waals surface area (Å²) in [5.74, 6) is -0.395. The summed E-state index contributed by atoms with van der Waals surface area (Å²) in [4.78, 5) is 31.6. The van der Waals surface area contributed by atoms with E-state index >= 15 is 0 Å². The van der Waals surface area contributed by atoms with Gasteiger partial charge < -0.3 is 0 Å². The van der Waals surface area contributed by atoms with E-state index in [4.69, 9.17) is 0 Å². The average Bonchev–Trinajstić information content (AvgIpc) is 3.27. The summed E-state index contributed by atoms with van der Waals surface area (Å²) in [5.41, 5.74) is 0. The first-order valence-electron chi connectivity index (χ1n) is 8.62. The lowest BCUT2D eigenvalue weighted by molar-refractivity contribution is -0.259. The molecule has 0 N–H and O–H groups in total. The van der Waals surface area contributed by atoms with Gasteiger partial charge in [-0.1, -0.05) is 58.3 Å². The van der Waals surface area contributed by atoms with Gasteiger partial charge in [0.25, 0.3) is 0 Å². The maximum absolute atomic E-state index is 11.4. The Labute approximate surface area is 128 Å². The standard InChI is InChI=1S/C17H30O4/c1-2-3-4-5-6-7-8-9-10-11-16(18)20-21-17(19)14-15-12-13-15/h15H,2-14H2,1H3. The first-order chi connectivity index (χ1) is 10.2. The van der Waals surface area contributed by atoms with Crippen LogP contribution in [0.3, 0.4) is 0 Å². The predicted molar refractivity (Wildman–Crippen MR) is 81.4 cm³/mol. The third-order valence-electron chi connectivity index (χ3n) is 3.86. The lowest BCUT2D eigenvalue weighted by Crippen LogP contribution is -2.11. The Kier molecular flexibility index (Phi) is 9.92. The van der Waals surface area contributed by atoms with Crippen molar-refractivity contribution in [3.63, 3.8) is 0 Å². The third-order valence-corrected chi connectivity index (χ3v) is 3.86. The zero-order valence-electron chi connectivity index (χ0n) is 13.4. The van der Waals surface area contributed by atoms with Crippen molar-refractivity contribution in [3.05, 3.63) is 0 Å². The van der Waals surface area contributed by atoms with Crippen LogP contribution in [0.4, 0.5) is 0 Å². The number of hydrogen-bond acceptors (Lipinski definition) is 4. The Morgan fingerprint density at radius 1 is 0.810 bits per heavy atom. The van der Waals surface area contributed by atoms with E-state index in [0.717, 1.165) is 25.7 Å². The van der Waals surface area contributed by atoms with Gasteiger partial charge in [0.05, 0.1) is 12.8 Å². The van der Waals surface area contributed by atoms with Gasteiger partial charge in [0, 0.05) is 0 Å². The Hall–Kier alpha value is -1.06. The van der Waals surface area contributed by atoms with Crippen molar-refractivity contribution in [3.8, 4) is 0 Å². The van der Waals surface area contributed by atoms with E-state index in [2.05, 4.69) is 16.7 Å². The number of unbranched alkanes of at least 4 members (excludes halogenated alkanes) is 8. The molecule has 0 radical (unpaired) electrons. The van der Waals surface area contributed by atoms with Gasteiger partial charge in [-0.3, -0.25) is 0 Å². The Morgan fingerprint density at radius 2 is 1.33 bits per heavy atom. The highest BCUT2D eigenvalue weighted by Crippen LogP contribution is 2.32. The minimum Gasteiger partial charge on any atom is -0.247 e. The first kappa shape index (κ1) is 18.0. The minimum absolute atomic E-state index is 0.340. The quantitative estimate of drug-likeness (QED) is 0.297. The summed E-state index contributed by atoms with van der Waals surface area (Å²) in [7, 11) is 0.